The molecule has 1 aliphatic heterocycles. The molecule has 86 valence electrons. The third-order valence-electron chi connectivity index (χ3n) is 2.43. The lowest BCUT2D eigenvalue weighted by molar-refractivity contribution is -0.00940. The zero-order chi connectivity index (χ0) is 11.7. The summed E-state index contributed by atoms with van der Waals surface area (Å²) in [5.41, 5.74) is 6.50. The van der Waals surface area contributed by atoms with Gasteiger partial charge in [0.25, 0.3) is 0 Å². The second kappa shape index (κ2) is 4.32. The molecule has 0 amide bonds. The van der Waals surface area contributed by atoms with Gasteiger partial charge in [0.05, 0.1) is 6.61 Å². The Morgan fingerprint density at radius 2 is 2.38 bits per heavy atom. The molecule has 0 saturated carbocycles. The van der Waals surface area contributed by atoms with E-state index >= 15 is 0 Å². The Bertz CT molecular complexity index is 483. The van der Waals surface area contributed by atoms with Crippen molar-refractivity contribution in [3.05, 3.63) is 28.7 Å². The summed E-state index contributed by atoms with van der Waals surface area (Å²) >= 11 is 5.11. The number of aryl methyl sites for hydroxylation is 1. The molecule has 0 unspecified atom stereocenters. The smallest absolute Gasteiger partial charge is 0.203 e. The maximum atomic E-state index is 8.95. The van der Waals surface area contributed by atoms with Crippen molar-refractivity contribution in [2.75, 3.05) is 12.3 Å². The minimum Gasteiger partial charge on any atom is -0.393 e. The van der Waals surface area contributed by atoms with Gasteiger partial charge in [0.2, 0.25) is 4.77 Å². The molecule has 0 saturated heterocycles. The SMILES string of the molecule is Cc1cn([C@H]2C=C[C@@H](CO)O2)c(=S)nc1N. The van der Waals surface area contributed by atoms with Crippen LogP contribution in [0.5, 0.6) is 0 Å². The van der Waals surface area contributed by atoms with Crippen molar-refractivity contribution < 1.29 is 9.84 Å². The fourth-order valence-electron chi connectivity index (χ4n) is 1.51. The van der Waals surface area contributed by atoms with E-state index in [9.17, 15) is 0 Å². The van der Waals surface area contributed by atoms with Crippen LogP contribution in [0.3, 0.4) is 0 Å². The summed E-state index contributed by atoms with van der Waals surface area (Å²) in [4.78, 5) is 4.05. The van der Waals surface area contributed by atoms with E-state index in [4.69, 9.17) is 27.8 Å². The monoisotopic (exact) mass is 239 g/mol. The van der Waals surface area contributed by atoms with Crippen LogP contribution in [0, 0.1) is 11.7 Å². The summed E-state index contributed by atoms with van der Waals surface area (Å²) in [5.74, 6) is 0.432. The molecule has 2 atom stereocenters. The third kappa shape index (κ3) is 1.99. The molecule has 0 bridgehead atoms. The Morgan fingerprint density at radius 1 is 1.62 bits per heavy atom. The fourth-order valence-corrected chi connectivity index (χ4v) is 1.77. The first-order valence-electron chi connectivity index (χ1n) is 4.91. The van der Waals surface area contributed by atoms with Gasteiger partial charge in [-0.15, -0.1) is 0 Å². The molecule has 0 radical (unpaired) electrons. The number of aliphatic hydroxyl groups is 1. The highest BCUT2D eigenvalue weighted by Gasteiger charge is 2.20. The Hall–Kier alpha value is -1.24. The van der Waals surface area contributed by atoms with Crippen molar-refractivity contribution in [3.63, 3.8) is 0 Å². The highest BCUT2D eigenvalue weighted by atomic mass is 32.1. The van der Waals surface area contributed by atoms with Gasteiger partial charge in [0, 0.05) is 11.8 Å². The van der Waals surface area contributed by atoms with E-state index < -0.39 is 0 Å². The van der Waals surface area contributed by atoms with Gasteiger partial charge in [-0.05, 0) is 25.2 Å². The van der Waals surface area contributed by atoms with Crippen molar-refractivity contribution in [3.8, 4) is 0 Å². The standard InChI is InChI=1S/C10H13N3O2S/c1-6-4-13(10(16)12-9(6)11)8-3-2-7(5-14)15-8/h2-4,7-8,14H,5H2,1H3,(H2,11,12,16)/t7-,8+/m0/s1. The summed E-state index contributed by atoms with van der Waals surface area (Å²) in [5, 5.41) is 8.95. The van der Waals surface area contributed by atoms with E-state index in [2.05, 4.69) is 4.98 Å². The highest BCUT2D eigenvalue weighted by molar-refractivity contribution is 7.71. The lowest BCUT2D eigenvalue weighted by Gasteiger charge is -2.16. The minimum absolute atomic E-state index is 0.0400. The van der Waals surface area contributed by atoms with Gasteiger partial charge in [0.15, 0.2) is 6.23 Å². The first-order chi connectivity index (χ1) is 7.61. The number of aliphatic hydroxyl groups excluding tert-OH is 1. The van der Waals surface area contributed by atoms with Gasteiger partial charge in [-0.2, -0.15) is 0 Å². The summed E-state index contributed by atoms with van der Waals surface area (Å²) in [6.07, 6.45) is 4.87. The molecule has 6 heteroatoms. The Balaban J connectivity index is 2.33. The van der Waals surface area contributed by atoms with Crippen molar-refractivity contribution in [1.82, 2.24) is 9.55 Å². The third-order valence-corrected chi connectivity index (χ3v) is 2.73. The van der Waals surface area contributed by atoms with Crippen LogP contribution < -0.4 is 5.73 Å². The summed E-state index contributed by atoms with van der Waals surface area (Å²) in [7, 11) is 0. The van der Waals surface area contributed by atoms with Crippen molar-refractivity contribution in [2.45, 2.75) is 19.3 Å². The van der Waals surface area contributed by atoms with Crippen LogP contribution in [0.25, 0.3) is 0 Å². The van der Waals surface area contributed by atoms with Crippen molar-refractivity contribution in [2.24, 2.45) is 0 Å². The molecule has 0 aliphatic carbocycles. The quantitative estimate of drug-likeness (QED) is 0.594. The Morgan fingerprint density at radius 3 is 3.00 bits per heavy atom. The van der Waals surface area contributed by atoms with E-state index in [1.807, 2.05) is 13.0 Å². The molecule has 3 N–H and O–H groups in total. The summed E-state index contributed by atoms with van der Waals surface area (Å²) in [6, 6.07) is 0. The number of aromatic nitrogens is 2. The highest BCUT2D eigenvalue weighted by Crippen LogP contribution is 2.22. The zero-order valence-electron chi connectivity index (χ0n) is 8.83. The fraction of sp³-hybridized carbons (Fsp3) is 0.400. The second-order valence-corrected chi connectivity index (χ2v) is 4.00. The number of hydrogen-bond donors (Lipinski definition) is 2. The second-order valence-electron chi connectivity index (χ2n) is 3.63. The van der Waals surface area contributed by atoms with Crippen LogP contribution in [0.1, 0.15) is 11.8 Å². The normalized spacial score (nSPS) is 23.9. The molecule has 2 heterocycles. The molecule has 1 aromatic rings. The number of anilines is 1. The van der Waals surface area contributed by atoms with Gasteiger partial charge in [0.1, 0.15) is 11.9 Å². The molecule has 1 aromatic heterocycles. The lowest BCUT2D eigenvalue weighted by atomic mass is 10.3. The molecule has 0 spiro atoms. The summed E-state index contributed by atoms with van der Waals surface area (Å²) in [6.45, 7) is 1.82. The summed E-state index contributed by atoms with van der Waals surface area (Å²) < 4.78 is 7.61. The van der Waals surface area contributed by atoms with Gasteiger partial charge in [-0.3, -0.25) is 4.57 Å². The number of ether oxygens (including phenoxy) is 1. The van der Waals surface area contributed by atoms with E-state index in [0.717, 1.165) is 5.56 Å². The van der Waals surface area contributed by atoms with E-state index in [0.29, 0.717) is 10.6 Å². The molecule has 5 nitrogen and oxygen atoms in total. The van der Waals surface area contributed by atoms with Gasteiger partial charge in [-0.1, -0.05) is 6.08 Å². The lowest BCUT2D eigenvalue weighted by Crippen LogP contribution is -2.17. The van der Waals surface area contributed by atoms with Gasteiger partial charge >= 0.3 is 0 Å². The van der Waals surface area contributed by atoms with Crippen LogP contribution in [0.2, 0.25) is 0 Å². The number of hydrogen-bond acceptors (Lipinski definition) is 5. The number of nitrogens with two attached hydrogens (primary N) is 1. The predicted molar refractivity (Wildman–Crippen MR) is 62.3 cm³/mol. The van der Waals surface area contributed by atoms with Crippen molar-refractivity contribution in [1.29, 1.82) is 0 Å². The topological polar surface area (TPSA) is 73.3 Å². The van der Waals surface area contributed by atoms with Crippen LogP contribution >= 0.6 is 12.2 Å². The maximum Gasteiger partial charge on any atom is 0.203 e. The Labute approximate surface area is 98.2 Å². The van der Waals surface area contributed by atoms with Crippen molar-refractivity contribution >= 4 is 18.0 Å². The predicted octanol–water partition coefficient (Wildman–Crippen LogP) is 0.949. The van der Waals surface area contributed by atoms with Crippen LogP contribution in [0.4, 0.5) is 5.82 Å². The largest absolute Gasteiger partial charge is 0.393 e. The van der Waals surface area contributed by atoms with Crippen LogP contribution in [-0.4, -0.2) is 27.4 Å². The molecule has 0 aromatic carbocycles. The molecule has 16 heavy (non-hydrogen) atoms. The van der Waals surface area contributed by atoms with Crippen LogP contribution in [0.15, 0.2) is 18.3 Å². The first kappa shape index (κ1) is 11.3. The molecular formula is C10H13N3O2S. The Kier molecular flexibility index (Phi) is 3.04. The molecule has 2 rings (SSSR count). The number of nitrogens with zero attached hydrogens (tertiary/aromatic N) is 2. The zero-order valence-corrected chi connectivity index (χ0v) is 9.65. The number of nitrogen functional groups attached to an aromatic ring is 1. The average Bonchev–Trinajstić information content (AvgIpc) is 2.71. The average molecular weight is 239 g/mol. The van der Waals surface area contributed by atoms with E-state index in [1.54, 1.807) is 16.8 Å². The first-order valence-corrected chi connectivity index (χ1v) is 5.32. The van der Waals surface area contributed by atoms with E-state index in [-0.39, 0.29) is 18.9 Å². The number of rotatable bonds is 2. The molecular weight excluding hydrogens is 226 g/mol. The molecule has 1 aliphatic rings. The minimum atomic E-state index is -0.309. The van der Waals surface area contributed by atoms with Gasteiger partial charge in [-0.25, -0.2) is 4.98 Å². The maximum absolute atomic E-state index is 8.95. The van der Waals surface area contributed by atoms with Gasteiger partial charge < -0.3 is 15.6 Å². The van der Waals surface area contributed by atoms with E-state index in [1.165, 1.54) is 0 Å². The molecule has 0 fully saturated rings. The van der Waals surface area contributed by atoms with Crippen LogP contribution in [-0.2, 0) is 4.74 Å².